The molecule has 2 fully saturated rings. The van der Waals surface area contributed by atoms with E-state index in [1.807, 2.05) is 11.0 Å². The summed E-state index contributed by atoms with van der Waals surface area (Å²) in [6.07, 6.45) is 0. The number of likely N-dealkylation sites (tertiary alicyclic amines) is 1. The third kappa shape index (κ3) is 2.06. The van der Waals surface area contributed by atoms with Crippen LogP contribution in [0.3, 0.4) is 0 Å². The summed E-state index contributed by atoms with van der Waals surface area (Å²) in [5, 5.41) is 3.38. The number of amides is 1. The van der Waals surface area contributed by atoms with Crippen molar-refractivity contribution >= 4 is 33.2 Å². The molecule has 3 heterocycles. The Hall–Kier alpha value is -0.590. The van der Waals surface area contributed by atoms with Gasteiger partial charge in [-0.05, 0) is 27.8 Å². The van der Waals surface area contributed by atoms with Crippen LogP contribution in [0.4, 0.5) is 0 Å². The van der Waals surface area contributed by atoms with Gasteiger partial charge < -0.3 is 15.0 Å². The molecule has 0 spiro atoms. The monoisotopic (exact) mass is 330 g/mol. The predicted octanol–water partition coefficient (Wildman–Crippen LogP) is 1.81. The highest BCUT2D eigenvalue weighted by atomic mass is 79.9. The van der Waals surface area contributed by atoms with Crippen molar-refractivity contribution < 1.29 is 9.53 Å². The van der Waals surface area contributed by atoms with Gasteiger partial charge in [-0.2, -0.15) is 0 Å². The Balaban J connectivity index is 1.74. The first-order valence-electron chi connectivity index (χ1n) is 6.02. The second-order valence-electron chi connectivity index (χ2n) is 4.84. The second-order valence-corrected chi connectivity index (χ2v) is 7.21. The molecule has 1 amide bonds. The highest BCUT2D eigenvalue weighted by Gasteiger charge is 2.38. The number of nitrogens with one attached hydrogen (secondary N) is 1. The number of hydrogen-bond acceptors (Lipinski definition) is 4. The number of hydrogen-bond donors (Lipinski definition) is 1. The fraction of sp³-hybridized carbons (Fsp3) is 0.583. The van der Waals surface area contributed by atoms with E-state index in [9.17, 15) is 4.79 Å². The molecular weight excluding hydrogens is 316 g/mol. The van der Waals surface area contributed by atoms with E-state index in [2.05, 4.69) is 21.2 Å². The van der Waals surface area contributed by atoms with Crippen LogP contribution in [0.2, 0.25) is 0 Å². The van der Waals surface area contributed by atoms with Gasteiger partial charge in [0.1, 0.15) is 9.54 Å². The fourth-order valence-corrected chi connectivity index (χ4v) is 4.39. The van der Waals surface area contributed by atoms with Crippen molar-refractivity contribution in [1.29, 1.82) is 0 Å². The summed E-state index contributed by atoms with van der Waals surface area (Å²) < 4.78 is 6.08. The first-order chi connectivity index (χ1) is 8.69. The normalized spacial score (nSPS) is 26.4. The third-order valence-corrected chi connectivity index (χ3v) is 5.53. The molecule has 4 nitrogen and oxygen atoms in total. The van der Waals surface area contributed by atoms with E-state index in [4.69, 9.17) is 4.74 Å². The average Bonchev–Trinajstić information content (AvgIpc) is 3.00. The van der Waals surface area contributed by atoms with Crippen LogP contribution in [0.25, 0.3) is 0 Å². The summed E-state index contributed by atoms with van der Waals surface area (Å²) in [6, 6.07) is 1.82. The second kappa shape index (κ2) is 4.83. The molecule has 1 N–H and O–H groups in total. The van der Waals surface area contributed by atoms with Crippen LogP contribution >= 0.6 is 27.3 Å². The summed E-state index contributed by atoms with van der Waals surface area (Å²) in [5.41, 5.74) is 0. The Bertz CT molecular complexity index is 465. The van der Waals surface area contributed by atoms with Crippen LogP contribution in [0.15, 0.2) is 9.85 Å². The van der Waals surface area contributed by atoms with Gasteiger partial charge >= 0.3 is 0 Å². The molecule has 0 aliphatic carbocycles. The van der Waals surface area contributed by atoms with Gasteiger partial charge in [-0.3, -0.25) is 4.79 Å². The van der Waals surface area contributed by atoms with Gasteiger partial charge in [-0.1, -0.05) is 0 Å². The standard InChI is InChI=1S/C12H15BrN2O2S/c1-17-9-2-10(18-11(9)13)12(16)15-5-7-3-14-4-8(7)6-15/h2,7-8,14H,3-6H2,1H3/t7-,8+. The molecular formula is C12H15BrN2O2S. The number of methoxy groups -OCH3 is 1. The van der Waals surface area contributed by atoms with Crippen LogP contribution in [0.1, 0.15) is 9.67 Å². The Morgan fingerprint density at radius 3 is 2.72 bits per heavy atom. The van der Waals surface area contributed by atoms with Crippen molar-refractivity contribution in [2.45, 2.75) is 0 Å². The largest absolute Gasteiger partial charge is 0.495 e. The smallest absolute Gasteiger partial charge is 0.264 e. The molecule has 1 aromatic heterocycles. The Morgan fingerprint density at radius 2 is 2.17 bits per heavy atom. The summed E-state index contributed by atoms with van der Waals surface area (Å²) in [4.78, 5) is 15.1. The molecule has 1 aromatic rings. The van der Waals surface area contributed by atoms with Crippen LogP contribution in [0, 0.1) is 11.8 Å². The molecule has 98 valence electrons. The molecule has 18 heavy (non-hydrogen) atoms. The van der Waals surface area contributed by atoms with Gasteiger partial charge in [0.15, 0.2) is 0 Å². The molecule has 0 radical (unpaired) electrons. The number of rotatable bonds is 2. The van der Waals surface area contributed by atoms with Gasteiger partial charge in [-0.15, -0.1) is 11.3 Å². The highest BCUT2D eigenvalue weighted by molar-refractivity contribution is 9.11. The number of fused-ring (bicyclic) bond motifs is 1. The maximum atomic E-state index is 12.4. The zero-order valence-electron chi connectivity index (χ0n) is 10.1. The van der Waals surface area contributed by atoms with E-state index in [1.165, 1.54) is 11.3 Å². The molecule has 0 saturated carbocycles. The van der Waals surface area contributed by atoms with E-state index >= 15 is 0 Å². The van der Waals surface area contributed by atoms with E-state index in [1.54, 1.807) is 7.11 Å². The van der Waals surface area contributed by atoms with Crippen LogP contribution in [0.5, 0.6) is 5.75 Å². The molecule has 2 saturated heterocycles. The lowest BCUT2D eigenvalue weighted by Crippen LogP contribution is -2.31. The molecule has 3 rings (SSSR count). The van der Waals surface area contributed by atoms with Crippen molar-refractivity contribution in [2.24, 2.45) is 11.8 Å². The summed E-state index contributed by atoms with van der Waals surface area (Å²) in [5.74, 6) is 2.15. The topological polar surface area (TPSA) is 41.6 Å². The minimum absolute atomic E-state index is 0.137. The zero-order chi connectivity index (χ0) is 12.7. The lowest BCUT2D eigenvalue weighted by molar-refractivity contribution is 0.0786. The average molecular weight is 331 g/mol. The molecule has 0 unspecified atom stereocenters. The molecule has 6 heteroatoms. The molecule has 2 aliphatic heterocycles. The number of ether oxygens (including phenoxy) is 1. The van der Waals surface area contributed by atoms with Gasteiger partial charge in [0.05, 0.1) is 12.0 Å². The van der Waals surface area contributed by atoms with Crippen molar-refractivity contribution in [2.75, 3.05) is 33.3 Å². The summed E-state index contributed by atoms with van der Waals surface area (Å²) in [7, 11) is 1.62. The Kier molecular flexibility index (Phi) is 3.34. The number of carbonyl (C=O) groups is 1. The van der Waals surface area contributed by atoms with Gasteiger partial charge in [0, 0.05) is 32.2 Å². The first-order valence-corrected chi connectivity index (χ1v) is 7.63. The van der Waals surface area contributed by atoms with Crippen molar-refractivity contribution in [3.63, 3.8) is 0 Å². The van der Waals surface area contributed by atoms with Crippen molar-refractivity contribution in [3.05, 3.63) is 14.7 Å². The zero-order valence-corrected chi connectivity index (χ0v) is 12.5. The lowest BCUT2D eigenvalue weighted by atomic mass is 10.0. The number of carbonyl (C=O) groups excluding carboxylic acids is 1. The predicted molar refractivity (Wildman–Crippen MR) is 74.3 cm³/mol. The molecule has 0 aromatic carbocycles. The van der Waals surface area contributed by atoms with Crippen LogP contribution in [-0.4, -0.2) is 44.1 Å². The van der Waals surface area contributed by atoms with Crippen LogP contribution < -0.4 is 10.1 Å². The SMILES string of the molecule is COc1cc(C(=O)N2C[C@H]3CNC[C@H]3C2)sc1Br. The van der Waals surface area contributed by atoms with E-state index in [0.717, 1.165) is 40.6 Å². The minimum atomic E-state index is 0.137. The van der Waals surface area contributed by atoms with Gasteiger partial charge in [0.2, 0.25) is 0 Å². The highest BCUT2D eigenvalue weighted by Crippen LogP contribution is 2.36. The Morgan fingerprint density at radius 1 is 1.50 bits per heavy atom. The number of halogens is 1. The van der Waals surface area contributed by atoms with Crippen molar-refractivity contribution in [1.82, 2.24) is 10.2 Å². The summed E-state index contributed by atoms with van der Waals surface area (Å²) in [6.45, 7) is 3.86. The maximum absolute atomic E-state index is 12.4. The maximum Gasteiger partial charge on any atom is 0.264 e. The lowest BCUT2D eigenvalue weighted by Gasteiger charge is -2.16. The van der Waals surface area contributed by atoms with Gasteiger partial charge in [0.25, 0.3) is 5.91 Å². The number of nitrogens with zero attached hydrogens (tertiary/aromatic N) is 1. The molecule has 2 aliphatic rings. The quantitative estimate of drug-likeness (QED) is 0.899. The van der Waals surface area contributed by atoms with Crippen LogP contribution in [-0.2, 0) is 0 Å². The van der Waals surface area contributed by atoms with Crippen molar-refractivity contribution in [3.8, 4) is 5.75 Å². The van der Waals surface area contributed by atoms with Gasteiger partial charge in [-0.25, -0.2) is 0 Å². The molecule has 2 atom stereocenters. The first kappa shape index (κ1) is 12.4. The summed E-state index contributed by atoms with van der Waals surface area (Å²) >= 11 is 4.86. The van der Waals surface area contributed by atoms with E-state index in [0.29, 0.717) is 11.8 Å². The molecule has 0 bridgehead atoms. The van der Waals surface area contributed by atoms with E-state index < -0.39 is 0 Å². The Labute approximate surface area is 118 Å². The van der Waals surface area contributed by atoms with E-state index in [-0.39, 0.29) is 5.91 Å². The number of thiophene rings is 1. The minimum Gasteiger partial charge on any atom is -0.495 e. The third-order valence-electron chi connectivity index (χ3n) is 3.76. The fourth-order valence-electron chi connectivity index (χ4n) is 2.77.